The standard InChI is InChI=1S/C29H27F2N7O/c1-36(2)29(39)18-12-23(30)27(24(31)13-18)17-7-10-38(11-8-17)16-19-14-22-20(6-9-34-28(22)37(19)3)21-4-5-26(33)35-25(21)15-32/h4-7,9,12-14H,8,10-11,16H2,1-3H3,(H2,33,35)/i1D3,2D3. The van der Waals surface area contributed by atoms with Crippen LogP contribution in [0.2, 0.25) is 0 Å². The van der Waals surface area contributed by atoms with Crippen molar-refractivity contribution in [2.24, 2.45) is 7.05 Å². The van der Waals surface area contributed by atoms with Crippen molar-refractivity contribution in [3.8, 4) is 17.2 Å². The van der Waals surface area contributed by atoms with Crippen LogP contribution in [-0.2, 0) is 13.6 Å². The van der Waals surface area contributed by atoms with Gasteiger partial charge in [-0.2, -0.15) is 5.26 Å². The Morgan fingerprint density at radius 3 is 2.64 bits per heavy atom. The Hall–Kier alpha value is -4.62. The average molecular weight is 534 g/mol. The molecular weight excluding hydrogens is 500 g/mol. The van der Waals surface area contributed by atoms with Crippen LogP contribution in [0.4, 0.5) is 14.6 Å². The number of fused-ring (bicyclic) bond motifs is 1. The average Bonchev–Trinajstić information content (AvgIpc) is 3.27. The van der Waals surface area contributed by atoms with E-state index in [9.17, 15) is 10.1 Å². The number of carbonyl (C=O) groups excluding carboxylic acids is 1. The number of hydrogen-bond acceptors (Lipinski definition) is 6. The number of hydrogen-bond donors (Lipinski definition) is 1. The summed E-state index contributed by atoms with van der Waals surface area (Å²) in [6, 6.07) is 10.6. The van der Waals surface area contributed by atoms with Crippen molar-refractivity contribution in [2.75, 3.05) is 32.8 Å². The fourth-order valence-electron chi connectivity index (χ4n) is 4.88. The van der Waals surface area contributed by atoms with Crippen LogP contribution in [0.3, 0.4) is 0 Å². The molecule has 0 saturated carbocycles. The minimum absolute atomic E-state index is 0.199. The number of nitrogens with two attached hydrogens (primary N) is 1. The molecule has 0 aliphatic carbocycles. The lowest BCUT2D eigenvalue weighted by Gasteiger charge is -2.27. The van der Waals surface area contributed by atoms with Crippen molar-refractivity contribution in [2.45, 2.75) is 13.0 Å². The van der Waals surface area contributed by atoms with Gasteiger partial charge in [0.25, 0.3) is 5.91 Å². The van der Waals surface area contributed by atoms with Gasteiger partial charge in [0, 0.05) is 82.8 Å². The number of amides is 1. The van der Waals surface area contributed by atoms with Gasteiger partial charge in [-0.3, -0.25) is 9.69 Å². The zero-order valence-corrected chi connectivity index (χ0v) is 20.9. The summed E-state index contributed by atoms with van der Waals surface area (Å²) >= 11 is 0. The maximum atomic E-state index is 15.2. The lowest BCUT2D eigenvalue weighted by molar-refractivity contribution is 0.0826. The first-order valence-corrected chi connectivity index (χ1v) is 12.0. The molecule has 1 aromatic carbocycles. The number of nitrogen functional groups attached to an aromatic ring is 1. The van der Waals surface area contributed by atoms with E-state index in [0.717, 1.165) is 16.6 Å². The Bertz CT molecular complexity index is 1860. The van der Waals surface area contributed by atoms with E-state index >= 15 is 8.78 Å². The van der Waals surface area contributed by atoms with Crippen LogP contribution in [0.15, 0.2) is 48.7 Å². The molecule has 0 saturated heterocycles. The number of halogens is 2. The zero-order valence-electron chi connectivity index (χ0n) is 26.9. The smallest absolute Gasteiger partial charge is 0.253 e. The van der Waals surface area contributed by atoms with Gasteiger partial charge in [0.1, 0.15) is 29.2 Å². The highest BCUT2D eigenvalue weighted by atomic mass is 19.1. The molecule has 2 N–H and O–H groups in total. The summed E-state index contributed by atoms with van der Waals surface area (Å²) in [4.78, 5) is 23.1. The van der Waals surface area contributed by atoms with E-state index in [1.807, 2.05) is 23.7 Å². The summed E-state index contributed by atoms with van der Waals surface area (Å²) in [5.74, 6) is -3.50. The molecule has 10 heteroatoms. The first-order chi connectivity index (χ1) is 21.1. The largest absolute Gasteiger partial charge is 0.384 e. The molecule has 0 fully saturated rings. The summed E-state index contributed by atoms with van der Waals surface area (Å²) in [6.07, 6.45) is 3.60. The predicted molar refractivity (Wildman–Crippen MR) is 145 cm³/mol. The molecule has 0 bridgehead atoms. The first-order valence-electron chi connectivity index (χ1n) is 15.0. The molecule has 1 amide bonds. The number of nitriles is 1. The highest BCUT2D eigenvalue weighted by molar-refractivity contribution is 5.95. The number of aromatic nitrogens is 3. The second-order valence-electron chi connectivity index (χ2n) is 9.20. The monoisotopic (exact) mass is 533 g/mol. The molecule has 0 spiro atoms. The summed E-state index contributed by atoms with van der Waals surface area (Å²) in [7, 11) is 1.87. The van der Waals surface area contributed by atoms with Crippen molar-refractivity contribution in [3.05, 3.63) is 82.8 Å². The molecule has 4 aromatic rings. The number of anilines is 1. The van der Waals surface area contributed by atoms with E-state index in [1.165, 1.54) is 0 Å². The maximum absolute atomic E-state index is 15.2. The first kappa shape index (κ1) is 19.4. The third-order valence-corrected chi connectivity index (χ3v) is 6.83. The molecule has 0 atom stereocenters. The molecular formula is C29H27F2N7O. The molecule has 0 radical (unpaired) electrons. The lowest BCUT2D eigenvalue weighted by atomic mass is 9.96. The van der Waals surface area contributed by atoms with Gasteiger partial charge in [-0.05, 0) is 54.0 Å². The van der Waals surface area contributed by atoms with Crippen LogP contribution in [0.5, 0.6) is 0 Å². The van der Waals surface area contributed by atoms with Gasteiger partial charge in [-0.1, -0.05) is 6.08 Å². The van der Waals surface area contributed by atoms with E-state index in [4.69, 9.17) is 14.0 Å². The van der Waals surface area contributed by atoms with Gasteiger partial charge >= 0.3 is 0 Å². The highest BCUT2D eigenvalue weighted by Gasteiger charge is 2.23. The van der Waals surface area contributed by atoms with Gasteiger partial charge in [0.05, 0.1) is 0 Å². The van der Waals surface area contributed by atoms with Crippen molar-refractivity contribution < 1.29 is 21.8 Å². The van der Waals surface area contributed by atoms with E-state index in [1.54, 1.807) is 24.4 Å². The van der Waals surface area contributed by atoms with Gasteiger partial charge in [0.15, 0.2) is 5.69 Å². The van der Waals surface area contributed by atoms with Crippen LogP contribution < -0.4 is 5.73 Å². The maximum Gasteiger partial charge on any atom is 0.253 e. The summed E-state index contributed by atoms with van der Waals surface area (Å²) in [6.45, 7) is -5.42. The number of carbonyl (C=O) groups is 1. The topological polar surface area (TPSA) is 104 Å². The molecule has 39 heavy (non-hydrogen) atoms. The van der Waals surface area contributed by atoms with E-state index in [-0.39, 0.29) is 28.4 Å². The summed E-state index contributed by atoms with van der Waals surface area (Å²) in [5, 5.41) is 10.4. The number of pyridine rings is 2. The molecule has 198 valence electrons. The fraction of sp³-hybridized carbons (Fsp3) is 0.241. The van der Waals surface area contributed by atoms with Crippen LogP contribution in [0.1, 0.15) is 42.0 Å². The molecule has 3 aromatic heterocycles. The lowest BCUT2D eigenvalue weighted by Crippen LogP contribution is -2.29. The predicted octanol–water partition coefficient (Wildman–Crippen LogP) is 4.36. The Kier molecular flexibility index (Phi) is 5.12. The Labute approximate surface area is 233 Å². The molecule has 0 unspecified atom stereocenters. The minimum atomic E-state index is -3.35. The third kappa shape index (κ3) is 4.84. The fourth-order valence-corrected chi connectivity index (χ4v) is 4.88. The van der Waals surface area contributed by atoms with Crippen LogP contribution in [0.25, 0.3) is 27.7 Å². The van der Waals surface area contributed by atoms with Gasteiger partial charge < -0.3 is 15.2 Å². The van der Waals surface area contributed by atoms with Crippen molar-refractivity contribution in [1.82, 2.24) is 24.3 Å². The van der Waals surface area contributed by atoms with E-state index in [2.05, 4.69) is 20.9 Å². The molecule has 1 aliphatic rings. The van der Waals surface area contributed by atoms with Gasteiger partial charge in [-0.15, -0.1) is 0 Å². The minimum Gasteiger partial charge on any atom is -0.384 e. The third-order valence-electron chi connectivity index (χ3n) is 6.83. The van der Waals surface area contributed by atoms with Crippen molar-refractivity contribution >= 4 is 28.3 Å². The molecule has 5 rings (SSSR count). The molecule has 4 heterocycles. The number of benzene rings is 1. The number of rotatable bonds is 5. The Morgan fingerprint density at radius 2 is 1.97 bits per heavy atom. The summed E-state index contributed by atoms with van der Waals surface area (Å²) < 4.78 is 76.8. The number of aryl methyl sites for hydroxylation is 1. The van der Waals surface area contributed by atoms with Gasteiger partial charge in [-0.25, -0.2) is 18.7 Å². The van der Waals surface area contributed by atoms with Crippen LogP contribution in [0, 0.1) is 23.0 Å². The normalized spacial score (nSPS) is 16.7. The van der Waals surface area contributed by atoms with Crippen LogP contribution in [-0.4, -0.2) is 57.3 Å². The van der Waals surface area contributed by atoms with E-state index in [0.29, 0.717) is 48.6 Å². The Balaban J connectivity index is 1.38. The van der Waals surface area contributed by atoms with Crippen molar-refractivity contribution in [1.29, 1.82) is 5.26 Å². The molecule has 8 nitrogen and oxygen atoms in total. The summed E-state index contributed by atoms with van der Waals surface area (Å²) in [5.41, 5.74) is 8.27. The zero-order chi connectivity index (χ0) is 32.8. The van der Waals surface area contributed by atoms with Crippen LogP contribution >= 0.6 is 0 Å². The van der Waals surface area contributed by atoms with Crippen molar-refractivity contribution in [3.63, 3.8) is 0 Å². The molecule has 1 aliphatic heterocycles. The highest BCUT2D eigenvalue weighted by Crippen LogP contribution is 2.33. The quantitative estimate of drug-likeness (QED) is 0.409. The second-order valence-corrected chi connectivity index (χ2v) is 9.20. The Morgan fingerprint density at radius 1 is 1.21 bits per heavy atom. The number of nitrogens with zero attached hydrogens (tertiary/aromatic N) is 6. The SMILES string of the molecule is [2H]C([2H])([2H])N(C(=O)c1cc(F)c(C2=CCN(Cc3cc4c(-c5ccc(N)nc5C#N)ccnc4n3C)CC2)c(F)c1)C([2H])([2H])[2H]. The van der Waals surface area contributed by atoms with E-state index < -0.39 is 37.1 Å². The second kappa shape index (κ2) is 10.3. The van der Waals surface area contributed by atoms with Gasteiger partial charge in [0.2, 0.25) is 0 Å².